The third-order valence-electron chi connectivity index (χ3n) is 6.54. The van der Waals surface area contributed by atoms with Gasteiger partial charge in [-0.05, 0) is 37.0 Å². The van der Waals surface area contributed by atoms with E-state index in [9.17, 15) is 9.59 Å². The second kappa shape index (κ2) is 13.6. The molecule has 0 heterocycles. The SMILES string of the molecule is CCC(C(=O)NC1CCCCC1)N(Cc1ccc(OC)cc1)C(=O)COc1cc(OC)cc(OC)c1. The van der Waals surface area contributed by atoms with Crippen LogP contribution in [-0.4, -0.2) is 56.7 Å². The van der Waals surface area contributed by atoms with Crippen molar-refractivity contribution in [1.82, 2.24) is 10.2 Å². The van der Waals surface area contributed by atoms with Crippen molar-refractivity contribution in [3.8, 4) is 23.0 Å². The average molecular weight is 499 g/mol. The largest absolute Gasteiger partial charge is 0.497 e. The van der Waals surface area contributed by atoms with Crippen molar-refractivity contribution in [2.24, 2.45) is 0 Å². The predicted molar refractivity (Wildman–Crippen MR) is 138 cm³/mol. The topological polar surface area (TPSA) is 86.3 Å². The molecule has 8 heteroatoms. The Kier molecular flexibility index (Phi) is 10.3. The van der Waals surface area contributed by atoms with Crippen LogP contribution in [0.25, 0.3) is 0 Å². The molecule has 1 fully saturated rings. The van der Waals surface area contributed by atoms with Crippen LogP contribution in [0.3, 0.4) is 0 Å². The summed E-state index contributed by atoms with van der Waals surface area (Å²) in [4.78, 5) is 28.4. The number of hydrogen-bond donors (Lipinski definition) is 1. The minimum Gasteiger partial charge on any atom is -0.497 e. The van der Waals surface area contributed by atoms with Gasteiger partial charge in [0.05, 0.1) is 21.3 Å². The molecule has 0 aliphatic heterocycles. The Balaban J connectivity index is 1.78. The zero-order valence-electron chi connectivity index (χ0n) is 21.7. The van der Waals surface area contributed by atoms with E-state index < -0.39 is 6.04 Å². The lowest BCUT2D eigenvalue weighted by Gasteiger charge is -2.32. The number of nitrogens with one attached hydrogen (secondary N) is 1. The molecule has 1 unspecified atom stereocenters. The molecule has 1 aliphatic carbocycles. The number of methoxy groups -OCH3 is 3. The van der Waals surface area contributed by atoms with E-state index in [1.807, 2.05) is 31.2 Å². The molecule has 0 bridgehead atoms. The summed E-state index contributed by atoms with van der Waals surface area (Å²) in [5.74, 6) is 1.90. The van der Waals surface area contributed by atoms with Gasteiger partial charge in [0.25, 0.3) is 5.91 Å². The molecule has 1 atom stereocenters. The quantitative estimate of drug-likeness (QED) is 0.468. The van der Waals surface area contributed by atoms with E-state index in [4.69, 9.17) is 18.9 Å². The molecule has 2 amide bonds. The number of hydrogen-bond acceptors (Lipinski definition) is 6. The first kappa shape index (κ1) is 27.2. The number of rotatable bonds is 12. The van der Waals surface area contributed by atoms with Crippen LogP contribution in [0, 0.1) is 0 Å². The number of nitrogens with zero attached hydrogens (tertiary/aromatic N) is 1. The van der Waals surface area contributed by atoms with Gasteiger partial charge in [-0.25, -0.2) is 0 Å². The van der Waals surface area contributed by atoms with Crippen LogP contribution in [0.5, 0.6) is 23.0 Å². The van der Waals surface area contributed by atoms with Gasteiger partial charge in [0, 0.05) is 30.8 Å². The van der Waals surface area contributed by atoms with Crippen LogP contribution in [0.2, 0.25) is 0 Å². The predicted octanol–water partition coefficient (Wildman–Crippen LogP) is 4.35. The standard InChI is InChI=1S/C28H38N2O6/c1-5-26(28(32)29-21-9-7-6-8-10-21)30(18-20-11-13-22(33-2)14-12-20)27(31)19-36-25-16-23(34-3)15-24(17-25)35-4/h11-17,21,26H,5-10,18-19H2,1-4H3,(H,29,32). The molecule has 0 saturated heterocycles. The molecule has 1 N–H and O–H groups in total. The fourth-order valence-corrected chi connectivity index (χ4v) is 4.48. The summed E-state index contributed by atoms with van der Waals surface area (Å²) in [6.07, 6.45) is 5.90. The van der Waals surface area contributed by atoms with Crippen molar-refractivity contribution < 1.29 is 28.5 Å². The summed E-state index contributed by atoms with van der Waals surface area (Å²) in [6.45, 7) is 1.98. The number of carbonyl (C=O) groups excluding carboxylic acids is 2. The molecule has 0 radical (unpaired) electrons. The molecule has 3 rings (SSSR count). The zero-order chi connectivity index (χ0) is 25.9. The smallest absolute Gasteiger partial charge is 0.261 e. The Bertz CT molecular complexity index is 966. The number of amides is 2. The number of benzene rings is 2. The van der Waals surface area contributed by atoms with Crippen LogP contribution >= 0.6 is 0 Å². The Morgan fingerprint density at radius 2 is 1.47 bits per heavy atom. The number of carbonyl (C=O) groups is 2. The lowest BCUT2D eigenvalue weighted by Crippen LogP contribution is -2.52. The summed E-state index contributed by atoms with van der Waals surface area (Å²) in [7, 11) is 4.71. The van der Waals surface area contributed by atoms with Gasteiger partial charge in [-0.15, -0.1) is 0 Å². The van der Waals surface area contributed by atoms with Gasteiger partial charge in [-0.2, -0.15) is 0 Å². The highest BCUT2D eigenvalue weighted by Gasteiger charge is 2.30. The van der Waals surface area contributed by atoms with E-state index in [2.05, 4.69) is 5.32 Å². The Morgan fingerprint density at radius 1 is 0.889 bits per heavy atom. The summed E-state index contributed by atoms with van der Waals surface area (Å²) in [5.41, 5.74) is 0.899. The first-order chi connectivity index (χ1) is 17.5. The molecule has 0 spiro atoms. The molecular formula is C28H38N2O6. The minimum atomic E-state index is -0.607. The summed E-state index contributed by atoms with van der Waals surface area (Å²) >= 11 is 0. The van der Waals surface area contributed by atoms with E-state index in [0.29, 0.717) is 23.7 Å². The molecule has 1 saturated carbocycles. The average Bonchev–Trinajstić information content (AvgIpc) is 2.92. The molecule has 8 nitrogen and oxygen atoms in total. The monoisotopic (exact) mass is 498 g/mol. The van der Waals surface area contributed by atoms with Gasteiger partial charge in [-0.3, -0.25) is 9.59 Å². The van der Waals surface area contributed by atoms with Crippen LogP contribution < -0.4 is 24.3 Å². The summed E-state index contributed by atoms with van der Waals surface area (Å²) < 4.78 is 21.7. The zero-order valence-corrected chi connectivity index (χ0v) is 21.7. The second-order valence-electron chi connectivity index (χ2n) is 8.97. The molecule has 2 aromatic carbocycles. The van der Waals surface area contributed by atoms with Crippen molar-refractivity contribution in [3.05, 3.63) is 48.0 Å². The first-order valence-electron chi connectivity index (χ1n) is 12.6. The lowest BCUT2D eigenvalue weighted by molar-refractivity contribution is -0.143. The minimum absolute atomic E-state index is 0.116. The van der Waals surface area contributed by atoms with E-state index in [0.717, 1.165) is 37.0 Å². The van der Waals surface area contributed by atoms with Crippen molar-refractivity contribution in [2.45, 2.75) is 64.1 Å². The molecule has 1 aliphatic rings. The van der Waals surface area contributed by atoms with Crippen LogP contribution in [-0.2, 0) is 16.1 Å². The van der Waals surface area contributed by atoms with Gasteiger partial charge in [0.2, 0.25) is 5.91 Å². The Morgan fingerprint density at radius 3 is 2.03 bits per heavy atom. The van der Waals surface area contributed by atoms with Crippen molar-refractivity contribution >= 4 is 11.8 Å². The Labute approximate surface area is 213 Å². The van der Waals surface area contributed by atoms with Gasteiger partial charge in [0.1, 0.15) is 29.0 Å². The maximum absolute atomic E-state index is 13.5. The maximum atomic E-state index is 13.5. The van der Waals surface area contributed by atoms with E-state index in [1.165, 1.54) is 6.42 Å². The van der Waals surface area contributed by atoms with Crippen LogP contribution in [0.1, 0.15) is 51.0 Å². The third-order valence-corrected chi connectivity index (χ3v) is 6.54. The highest BCUT2D eigenvalue weighted by molar-refractivity contribution is 5.88. The molecular weight excluding hydrogens is 460 g/mol. The van der Waals surface area contributed by atoms with Crippen LogP contribution in [0.15, 0.2) is 42.5 Å². The first-order valence-corrected chi connectivity index (χ1v) is 12.6. The fourth-order valence-electron chi connectivity index (χ4n) is 4.48. The highest BCUT2D eigenvalue weighted by Crippen LogP contribution is 2.27. The normalized spacial score (nSPS) is 14.4. The lowest BCUT2D eigenvalue weighted by atomic mass is 9.95. The highest BCUT2D eigenvalue weighted by atomic mass is 16.5. The van der Waals surface area contributed by atoms with E-state index >= 15 is 0 Å². The van der Waals surface area contributed by atoms with E-state index in [-0.39, 0.29) is 31.0 Å². The Hall–Kier alpha value is -3.42. The van der Waals surface area contributed by atoms with Gasteiger partial charge in [0.15, 0.2) is 6.61 Å². The molecule has 196 valence electrons. The van der Waals surface area contributed by atoms with Crippen LogP contribution in [0.4, 0.5) is 0 Å². The number of ether oxygens (including phenoxy) is 4. The second-order valence-corrected chi connectivity index (χ2v) is 8.97. The van der Waals surface area contributed by atoms with Crippen molar-refractivity contribution in [3.63, 3.8) is 0 Å². The summed E-state index contributed by atoms with van der Waals surface area (Å²) in [5, 5.41) is 3.19. The van der Waals surface area contributed by atoms with Gasteiger partial charge < -0.3 is 29.2 Å². The maximum Gasteiger partial charge on any atom is 0.261 e. The van der Waals surface area contributed by atoms with Crippen molar-refractivity contribution in [2.75, 3.05) is 27.9 Å². The molecule has 0 aromatic heterocycles. The third kappa shape index (κ3) is 7.54. The fraction of sp³-hybridized carbons (Fsp3) is 0.500. The van der Waals surface area contributed by atoms with Crippen molar-refractivity contribution in [1.29, 1.82) is 0 Å². The van der Waals surface area contributed by atoms with E-state index in [1.54, 1.807) is 44.4 Å². The summed E-state index contributed by atoms with van der Waals surface area (Å²) in [6, 6.07) is 12.2. The van der Waals surface area contributed by atoms with Gasteiger partial charge in [-0.1, -0.05) is 38.3 Å². The molecule has 2 aromatic rings. The van der Waals surface area contributed by atoms with Gasteiger partial charge >= 0.3 is 0 Å². The molecule has 36 heavy (non-hydrogen) atoms.